The van der Waals surface area contributed by atoms with Gasteiger partial charge >= 0.3 is 0 Å². The first kappa shape index (κ1) is 18.0. The predicted molar refractivity (Wildman–Crippen MR) is 101 cm³/mol. The Morgan fingerprint density at radius 1 is 1.12 bits per heavy atom. The topological polar surface area (TPSA) is 64.7 Å². The average Bonchev–Trinajstić information content (AvgIpc) is 2.96. The third kappa shape index (κ3) is 2.78. The van der Waals surface area contributed by atoms with Crippen molar-refractivity contribution in [1.29, 1.82) is 0 Å². The van der Waals surface area contributed by atoms with Gasteiger partial charge in [-0.05, 0) is 70.5 Å². The summed E-state index contributed by atoms with van der Waals surface area (Å²) in [6.45, 7) is 2.46. The summed E-state index contributed by atoms with van der Waals surface area (Å²) in [5.74, 6) is 0.420. The Morgan fingerprint density at radius 3 is 2.65 bits per heavy atom. The summed E-state index contributed by atoms with van der Waals surface area (Å²) in [5, 5.41) is 6.76. The van der Waals surface area contributed by atoms with Crippen molar-refractivity contribution >= 4 is 11.8 Å². The Kier molecular flexibility index (Phi) is 4.59. The lowest BCUT2D eigenvalue weighted by atomic mass is 9.78. The monoisotopic (exact) mass is 360 g/mol. The highest BCUT2D eigenvalue weighted by molar-refractivity contribution is 5.88. The molecule has 3 saturated heterocycles. The van der Waals surface area contributed by atoms with Crippen LogP contribution in [0.2, 0.25) is 0 Å². The summed E-state index contributed by atoms with van der Waals surface area (Å²) in [5.41, 5.74) is 0.527. The highest BCUT2D eigenvalue weighted by Gasteiger charge is 2.49. The Bertz CT molecular complexity index is 629. The molecule has 2 spiro atoms. The zero-order valence-corrected chi connectivity index (χ0v) is 16.1. The molecule has 2 N–H and O–H groups in total. The van der Waals surface area contributed by atoms with Crippen molar-refractivity contribution in [2.75, 3.05) is 33.7 Å². The highest BCUT2D eigenvalue weighted by atomic mass is 16.2. The molecule has 0 aliphatic carbocycles. The maximum Gasteiger partial charge on any atom is 0.243 e. The van der Waals surface area contributed by atoms with Crippen molar-refractivity contribution in [2.24, 2.45) is 0 Å². The summed E-state index contributed by atoms with van der Waals surface area (Å²) >= 11 is 0. The van der Waals surface area contributed by atoms with Crippen LogP contribution in [-0.2, 0) is 9.59 Å². The molecular weight excluding hydrogens is 328 g/mol. The number of hydrogen-bond acceptors (Lipinski definition) is 4. The van der Waals surface area contributed by atoms with Crippen LogP contribution in [0.1, 0.15) is 51.4 Å². The molecule has 3 atom stereocenters. The van der Waals surface area contributed by atoms with Crippen molar-refractivity contribution in [1.82, 2.24) is 20.4 Å². The van der Waals surface area contributed by atoms with Gasteiger partial charge in [0.15, 0.2) is 0 Å². The molecule has 0 bridgehead atoms. The molecule has 0 aromatic carbocycles. The summed E-state index contributed by atoms with van der Waals surface area (Å²) in [6, 6.07) is 0.199. The molecule has 0 radical (unpaired) electrons. The number of nitrogens with zero attached hydrogens (tertiary/aromatic N) is 2. The quantitative estimate of drug-likeness (QED) is 0.686. The molecule has 144 valence electrons. The fourth-order valence-electron chi connectivity index (χ4n) is 5.56. The van der Waals surface area contributed by atoms with Crippen LogP contribution in [-0.4, -0.2) is 72.5 Å². The maximum absolute atomic E-state index is 13.1. The smallest absolute Gasteiger partial charge is 0.243 e. The largest absolute Gasteiger partial charge is 0.354 e. The van der Waals surface area contributed by atoms with Crippen molar-refractivity contribution in [3.05, 3.63) is 11.6 Å². The molecule has 4 rings (SSSR count). The molecule has 0 saturated carbocycles. The first-order valence-electron chi connectivity index (χ1n) is 10.2. The van der Waals surface area contributed by atoms with E-state index >= 15 is 0 Å². The number of piperidine rings is 2. The zero-order valence-electron chi connectivity index (χ0n) is 16.1. The molecule has 4 aliphatic rings. The third-order valence-electron chi connectivity index (χ3n) is 7.18. The summed E-state index contributed by atoms with van der Waals surface area (Å²) in [7, 11) is 4.01. The van der Waals surface area contributed by atoms with E-state index in [9.17, 15) is 9.59 Å². The van der Waals surface area contributed by atoms with Gasteiger partial charge in [0, 0.05) is 26.2 Å². The Morgan fingerprint density at radius 2 is 1.92 bits per heavy atom. The molecule has 6 nitrogen and oxygen atoms in total. The maximum atomic E-state index is 13.1. The van der Waals surface area contributed by atoms with E-state index in [2.05, 4.69) is 28.7 Å². The average molecular weight is 361 g/mol. The van der Waals surface area contributed by atoms with E-state index in [1.165, 1.54) is 5.57 Å². The van der Waals surface area contributed by atoms with Crippen LogP contribution in [0.4, 0.5) is 0 Å². The molecule has 26 heavy (non-hydrogen) atoms. The summed E-state index contributed by atoms with van der Waals surface area (Å²) < 4.78 is 0. The van der Waals surface area contributed by atoms with Gasteiger partial charge in [-0.2, -0.15) is 0 Å². The minimum Gasteiger partial charge on any atom is -0.354 e. The fraction of sp³-hybridized carbons (Fsp3) is 0.800. The van der Waals surface area contributed by atoms with E-state index in [0.29, 0.717) is 6.54 Å². The lowest BCUT2D eigenvalue weighted by Crippen LogP contribution is -2.65. The number of nitrogens with one attached hydrogen (secondary N) is 2. The normalized spacial score (nSPS) is 39.2. The zero-order chi connectivity index (χ0) is 18.4. The molecule has 0 aromatic rings. The Labute approximate surface area is 156 Å². The van der Waals surface area contributed by atoms with Gasteiger partial charge < -0.3 is 10.2 Å². The van der Waals surface area contributed by atoms with Gasteiger partial charge in [0.25, 0.3) is 0 Å². The number of hydrogen-bond donors (Lipinski definition) is 2. The predicted octanol–water partition coefficient (Wildman–Crippen LogP) is 1.03. The van der Waals surface area contributed by atoms with Gasteiger partial charge in [0.2, 0.25) is 11.8 Å². The minimum atomic E-state index is -0.404. The number of carbonyl (C=O) groups excluding carboxylic acids is 2. The minimum absolute atomic E-state index is 0.166. The number of rotatable bonds is 1. The summed E-state index contributed by atoms with van der Waals surface area (Å²) in [4.78, 5) is 29.8. The van der Waals surface area contributed by atoms with Gasteiger partial charge in [0.1, 0.15) is 5.54 Å². The van der Waals surface area contributed by atoms with Crippen LogP contribution in [0.15, 0.2) is 11.6 Å². The van der Waals surface area contributed by atoms with Crippen LogP contribution in [0.25, 0.3) is 0 Å². The van der Waals surface area contributed by atoms with E-state index in [0.717, 1.165) is 64.5 Å². The van der Waals surface area contributed by atoms with Gasteiger partial charge in [-0.1, -0.05) is 6.08 Å². The van der Waals surface area contributed by atoms with Crippen LogP contribution in [0.5, 0.6) is 0 Å². The standard InChI is InChI=1S/C20H32N4O2/c1-23-14-15(7-11-20(18(23)26)10-5-13-24(20)2)16-6-3-8-19(22-16)9-4-12-21-17(19)25/h7,16,22H,3-6,8-14H2,1-2H3,(H,21,25). The molecule has 3 unspecified atom stereocenters. The molecule has 2 amide bonds. The fourth-order valence-corrected chi connectivity index (χ4v) is 5.56. The number of likely N-dealkylation sites (tertiary alicyclic amines) is 1. The van der Waals surface area contributed by atoms with Crippen molar-refractivity contribution in [2.45, 2.75) is 68.5 Å². The van der Waals surface area contributed by atoms with Crippen LogP contribution < -0.4 is 10.6 Å². The molecule has 6 heteroatoms. The molecule has 3 fully saturated rings. The van der Waals surface area contributed by atoms with Crippen LogP contribution >= 0.6 is 0 Å². The van der Waals surface area contributed by atoms with Crippen LogP contribution in [0.3, 0.4) is 0 Å². The van der Waals surface area contributed by atoms with E-state index < -0.39 is 5.54 Å². The second-order valence-electron chi connectivity index (χ2n) is 8.73. The van der Waals surface area contributed by atoms with Crippen LogP contribution in [0, 0.1) is 0 Å². The van der Waals surface area contributed by atoms with E-state index in [-0.39, 0.29) is 23.4 Å². The van der Waals surface area contributed by atoms with Gasteiger partial charge in [-0.15, -0.1) is 0 Å². The van der Waals surface area contributed by atoms with Gasteiger partial charge in [-0.25, -0.2) is 0 Å². The SMILES string of the molecule is CN1CC(C2CCCC3(CCCNC3=O)N2)=CCC2(CCCN2C)C1=O. The second-order valence-corrected chi connectivity index (χ2v) is 8.73. The molecular formula is C20H32N4O2. The molecule has 0 aromatic heterocycles. The Balaban J connectivity index is 1.57. The van der Waals surface area contributed by atoms with E-state index in [1.54, 1.807) is 0 Å². The first-order valence-corrected chi connectivity index (χ1v) is 10.2. The van der Waals surface area contributed by atoms with E-state index in [4.69, 9.17) is 0 Å². The van der Waals surface area contributed by atoms with Gasteiger partial charge in [0.05, 0.1) is 5.54 Å². The number of carbonyl (C=O) groups is 2. The number of likely N-dealkylation sites (N-methyl/N-ethyl adjacent to an activating group) is 2. The third-order valence-corrected chi connectivity index (χ3v) is 7.18. The first-order chi connectivity index (χ1) is 12.5. The van der Waals surface area contributed by atoms with Crippen molar-refractivity contribution in [3.8, 4) is 0 Å². The molecule has 4 heterocycles. The second kappa shape index (κ2) is 6.64. The van der Waals surface area contributed by atoms with E-state index in [1.807, 2.05) is 11.9 Å². The van der Waals surface area contributed by atoms with Crippen molar-refractivity contribution in [3.63, 3.8) is 0 Å². The Hall–Kier alpha value is -1.40. The van der Waals surface area contributed by atoms with Gasteiger partial charge in [-0.3, -0.25) is 19.8 Å². The highest BCUT2D eigenvalue weighted by Crippen LogP contribution is 2.37. The number of amides is 2. The molecule has 4 aliphatic heterocycles. The lowest BCUT2D eigenvalue weighted by Gasteiger charge is -2.44. The lowest BCUT2D eigenvalue weighted by molar-refractivity contribution is -0.140. The summed E-state index contributed by atoms with van der Waals surface area (Å²) in [6.07, 6.45) is 10.1. The van der Waals surface area contributed by atoms with Crippen molar-refractivity contribution < 1.29 is 9.59 Å².